The van der Waals surface area contributed by atoms with Crippen LogP contribution in [0.3, 0.4) is 0 Å². The van der Waals surface area contributed by atoms with Gasteiger partial charge in [-0.3, -0.25) is 9.69 Å². The first-order chi connectivity index (χ1) is 18.0. The number of aromatic nitrogens is 3. The molecule has 0 unspecified atom stereocenters. The third-order valence-electron chi connectivity index (χ3n) is 6.41. The van der Waals surface area contributed by atoms with E-state index in [-0.39, 0.29) is 12.5 Å². The molecule has 5 rings (SSSR count). The predicted molar refractivity (Wildman–Crippen MR) is 156 cm³/mol. The summed E-state index contributed by atoms with van der Waals surface area (Å²) in [5, 5.41) is 2.27. The first kappa shape index (κ1) is 26.6. The second kappa shape index (κ2) is 10.3. The molecule has 1 saturated heterocycles. The molecule has 1 amide bonds. The molecule has 2 N–H and O–H groups in total. The van der Waals surface area contributed by atoms with Gasteiger partial charge in [-0.25, -0.2) is 19.3 Å². The molecule has 9 nitrogen and oxygen atoms in total. The summed E-state index contributed by atoms with van der Waals surface area (Å²) in [7, 11) is 0. The van der Waals surface area contributed by atoms with E-state index < -0.39 is 11.7 Å². The fourth-order valence-electron chi connectivity index (χ4n) is 4.65. The van der Waals surface area contributed by atoms with Gasteiger partial charge in [0.2, 0.25) is 5.91 Å². The summed E-state index contributed by atoms with van der Waals surface area (Å²) in [4.78, 5) is 38.6. The summed E-state index contributed by atoms with van der Waals surface area (Å²) >= 11 is 8.52. The van der Waals surface area contributed by atoms with Gasteiger partial charge in [0, 0.05) is 45.5 Å². The van der Waals surface area contributed by atoms with Crippen molar-refractivity contribution in [1.29, 1.82) is 0 Å². The summed E-state index contributed by atoms with van der Waals surface area (Å²) in [5.41, 5.74) is 8.53. The van der Waals surface area contributed by atoms with E-state index in [9.17, 15) is 9.59 Å². The van der Waals surface area contributed by atoms with E-state index in [0.29, 0.717) is 37.0 Å². The lowest BCUT2D eigenvalue weighted by Gasteiger charge is -2.34. The van der Waals surface area contributed by atoms with E-state index in [2.05, 4.69) is 37.5 Å². The zero-order chi connectivity index (χ0) is 27.2. The number of nitrogens with zero attached hydrogens (tertiary/aromatic N) is 5. The number of nitrogen functional groups attached to an aromatic ring is 1. The van der Waals surface area contributed by atoms with Gasteiger partial charge in [0.1, 0.15) is 17.7 Å². The molecule has 0 bridgehead atoms. The Bertz CT molecular complexity index is 1560. The summed E-state index contributed by atoms with van der Waals surface area (Å²) < 4.78 is 8.25. The topological polar surface area (TPSA) is 107 Å². The van der Waals surface area contributed by atoms with Crippen LogP contribution in [0.15, 0.2) is 42.7 Å². The fourth-order valence-corrected chi connectivity index (χ4v) is 5.66. The zero-order valence-electron chi connectivity index (χ0n) is 21.4. The molecule has 1 aliphatic rings. The molecule has 4 aromatic rings. The number of anilines is 1. The minimum absolute atomic E-state index is 0.0246. The molecule has 1 aliphatic heterocycles. The van der Waals surface area contributed by atoms with Crippen LogP contribution in [-0.2, 0) is 22.6 Å². The van der Waals surface area contributed by atoms with Crippen molar-refractivity contribution in [1.82, 2.24) is 24.3 Å². The minimum atomic E-state index is -0.648. The standard InChI is InChI=1S/C27H28ClIN6O3/c1-27(2,3)38-26(37)35-21-7-5-17(28)11-19(21)24(29)22(35)13-33-8-9-34(23(36)14-33)12-16-4-6-18-20(10-16)31-15-32-25(18)30/h4-7,10-11,15H,8-9,12-14H2,1-3H3,(H2,30,31,32). The van der Waals surface area contributed by atoms with Crippen molar-refractivity contribution in [2.75, 3.05) is 25.4 Å². The number of halogens is 2. The van der Waals surface area contributed by atoms with Gasteiger partial charge in [-0.2, -0.15) is 0 Å². The lowest BCUT2D eigenvalue weighted by atomic mass is 10.1. The van der Waals surface area contributed by atoms with Crippen LogP contribution < -0.4 is 5.73 Å². The summed E-state index contributed by atoms with van der Waals surface area (Å²) in [6, 6.07) is 11.2. The van der Waals surface area contributed by atoms with E-state index in [0.717, 1.165) is 36.6 Å². The molecule has 2 aromatic heterocycles. The van der Waals surface area contributed by atoms with Crippen molar-refractivity contribution in [2.45, 2.75) is 39.5 Å². The maximum Gasteiger partial charge on any atom is 0.419 e. The first-order valence-electron chi connectivity index (χ1n) is 12.2. The van der Waals surface area contributed by atoms with Crippen molar-refractivity contribution in [3.8, 4) is 0 Å². The largest absolute Gasteiger partial charge is 0.443 e. The zero-order valence-corrected chi connectivity index (χ0v) is 24.3. The van der Waals surface area contributed by atoms with Crippen LogP contribution in [0.4, 0.5) is 10.6 Å². The Morgan fingerprint density at radius 3 is 2.63 bits per heavy atom. The number of nitrogens with two attached hydrogens (primary N) is 1. The van der Waals surface area contributed by atoms with E-state index in [4.69, 9.17) is 22.1 Å². The van der Waals surface area contributed by atoms with E-state index in [1.165, 1.54) is 6.33 Å². The summed E-state index contributed by atoms with van der Waals surface area (Å²) in [6.45, 7) is 7.92. The van der Waals surface area contributed by atoms with E-state index in [1.807, 2.05) is 56.0 Å². The Morgan fingerprint density at radius 2 is 1.89 bits per heavy atom. The number of benzene rings is 2. The number of amides is 1. The Balaban J connectivity index is 1.35. The lowest BCUT2D eigenvalue weighted by molar-refractivity contribution is -0.136. The number of ether oxygens (including phenoxy) is 1. The minimum Gasteiger partial charge on any atom is -0.443 e. The monoisotopic (exact) mass is 646 g/mol. The quantitative estimate of drug-likeness (QED) is 0.309. The first-order valence-corrected chi connectivity index (χ1v) is 13.7. The van der Waals surface area contributed by atoms with Gasteiger partial charge in [0.15, 0.2) is 0 Å². The highest BCUT2D eigenvalue weighted by Crippen LogP contribution is 2.32. The highest BCUT2D eigenvalue weighted by atomic mass is 127. The highest BCUT2D eigenvalue weighted by Gasteiger charge is 2.29. The number of hydrogen-bond acceptors (Lipinski definition) is 7. The molecule has 38 heavy (non-hydrogen) atoms. The predicted octanol–water partition coefficient (Wildman–Crippen LogP) is 5.05. The summed E-state index contributed by atoms with van der Waals surface area (Å²) in [6.07, 6.45) is 0.991. The van der Waals surface area contributed by atoms with E-state index in [1.54, 1.807) is 10.6 Å². The molecule has 0 spiro atoms. The van der Waals surface area contributed by atoms with Crippen LogP contribution in [0, 0.1) is 3.57 Å². The number of carbonyl (C=O) groups is 2. The molecule has 0 radical (unpaired) electrons. The van der Waals surface area contributed by atoms with E-state index >= 15 is 0 Å². The van der Waals surface area contributed by atoms with Crippen LogP contribution in [-0.4, -0.2) is 61.6 Å². The van der Waals surface area contributed by atoms with Gasteiger partial charge < -0.3 is 15.4 Å². The summed E-state index contributed by atoms with van der Waals surface area (Å²) in [5.74, 6) is 0.462. The van der Waals surface area contributed by atoms with Crippen LogP contribution in [0.25, 0.3) is 21.8 Å². The van der Waals surface area contributed by atoms with Crippen LogP contribution in [0.5, 0.6) is 0 Å². The van der Waals surface area contributed by atoms with Crippen molar-refractivity contribution in [2.24, 2.45) is 0 Å². The van der Waals surface area contributed by atoms with Gasteiger partial charge in [-0.1, -0.05) is 17.7 Å². The Hall–Kier alpha value is -2.96. The molecule has 198 valence electrons. The van der Waals surface area contributed by atoms with Crippen molar-refractivity contribution in [3.63, 3.8) is 0 Å². The molecule has 1 fully saturated rings. The van der Waals surface area contributed by atoms with Crippen molar-refractivity contribution >= 4 is 73.8 Å². The molecule has 11 heteroatoms. The second-order valence-electron chi connectivity index (χ2n) is 10.4. The molecule has 0 atom stereocenters. The molecule has 2 aromatic carbocycles. The lowest BCUT2D eigenvalue weighted by Crippen LogP contribution is -2.49. The normalized spacial score (nSPS) is 15.0. The number of hydrogen-bond donors (Lipinski definition) is 1. The fraction of sp³-hybridized carbons (Fsp3) is 0.333. The maximum absolute atomic E-state index is 13.3. The van der Waals surface area contributed by atoms with Gasteiger partial charge in [0.25, 0.3) is 0 Å². The average molecular weight is 647 g/mol. The highest BCUT2D eigenvalue weighted by molar-refractivity contribution is 14.1. The van der Waals surface area contributed by atoms with Gasteiger partial charge >= 0.3 is 6.09 Å². The third-order valence-corrected chi connectivity index (χ3v) is 7.85. The number of fused-ring (bicyclic) bond motifs is 2. The third kappa shape index (κ3) is 5.43. The van der Waals surface area contributed by atoms with Gasteiger partial charge in [-0.05, 0) is 79.3 Å². The molecule has 0 aliphatic carbocycles. The molecular formula is C27H28ClIN6O3. The Morgan fingerprint density at radius 1 is 1.11 bits per heavy atom. The number of piperazine rings is 1. The molecule has 3 heterocycles. The van der Waals surface area contributed by atoms with Crippen LogP contribution >= 0.6 is 34.2 Å². The van der Waals surface area contributed by atoms with Crippen LogP contribution in [0.1, 0.15) is 32.0 Å². The maximum atomic E-state index is 13.3. The second-order valence-corrected chi connectivity index (χ2v) is 11.9. The van der Waals surface area contributed by atoms with Gasteiger partial charge in [0.05, 0.1) is 23.3 Å². The number of carbonyl (C=O) groups excluding carboxylic acids is 2. The smallest absolute Gasteiger partial charge is 0.419 e. The SMILES string of the molecule is CC(C)(C)OC(=O)n1c(CN2CCN(Cc3ccc4c(N)ncnc4c3)C(=O)C2)c(I)c2cc(Cl)ccc21. The van der Waals surface area contributed by atoms with Gasteiger partial charge in [-0.15, -0.1) is 0 Å². The number of rotatable bonds is 4. The Kier molecular flexibility index (Phi) is 7.23. The van der Waals surface area contributed by atoms with Crippen molar-refractivity contribution in [3.05, 3.63) is 62.6 Å². The Labute approximate surface area is 239 Å². The van der Waals surface area contributed by atoms with Crippen molar-refractivity contribution < 1.29 is 14.3 Å². The molecule has 0 saturated carbocycles. The van der Waals surface area contributed by atoms with Crippen LogP contribution in [0.2, 0.25) is 5.02 Å². The average Bonchev–Trinajstić information content (AvgIpc) is 3.11. The molecular weight excluding hydrogens is 619 g/mol.